The molecular formula is C6H7N3O2. The number of nitrogens with one attached hydrogen (secondary N) is 1. The molecule has 0 spiro atoms. The van der Waals surface area contributed by atoms with Gasteiger partial charge in [-0.1, -0.05) is 0 Å². The van der Waals surface area contributed by atoms with Gasteiger partial charge in [0.15, 0.2) is 5.03 Å². The molecule has 1 N–H and O–H groups in total. The fraction of sp³-hybridized carbons (Fsp3) is 0.167. The first-order chi connectivity index (χ1) is 5.20. The van der Waals surface area contributed by atoms with Crippen LogP contribution in [0, 0.1) is 17.0 Å². The van der Waals surface area contributed by atoms with E-state index in [0.717, 1.165) is 5.56 Å². The number of hydrogen-bond donors (Lipinski definition) is 1. The molecule has 58 valence electrons. The summed E-state index contributed by atoms with van der Waals surface area (Å²) in [7, 11) is 0. The van der Waals surface area contributed by atoms with E-state index in [1.807, 2.05) is 5.43 Å². The van der Waals surface area contributed by atoms with Crippen LogP contribution in [-0.2, 0) is 0 Å². The Balaban J connectivity index is 2.86. The molecule has 5 heteroatoms. The highest BCUT2D eigenvalue weighted by molar-refractivity contribution is 5.45. The first kappa shape index (κ1) is 7.46. The van der Waals surface area contributed by atoms with E-state index in [2.05, 4.69) is 4.98 Å². The zero-order chi connectivity index (χ0) is 8.27. The third-order valence-electron chi connectivity index (χ3n) is 1.25. The quantitative estimate of drug-likeness (QED) is 0.508. The summed E-state index contributed by atoms with van der Waals surface area (Å²) < 4.78 is 0. The highest BCUT2D eigenvalue weighted by Gasteiger charge is 2.00. The maximum Gasteiger partial charge on any atom is 0.162 e. The van der Waals surface area contributed by atoms with Crippen LogP contribution in [-0.4, -0.2) is 10.0 Å². The van der Waals surface area contributed by atoms with Gasteiger partial charge in [-0.15, -0.1) is 5.43 Å². The highest BCUT2D eigenvalue weighted by Crippen LogP contribution is 2.10. The van der Waals surface area contributed by atoms with Gasteiger partial charge in [0.25, 0.3) is 0 Å². The molecule has 0 saturated carbocycles. The minimum Gasteiger partial charge on any atom is -0.262 e. The lowest BCUT2D eigenvalue weighted by molar-refractivity contribution is -0.445. The van der Waals surface area contributed by atoms with Crippen LogP contribution in [0.4, 0.5) is 5.69 Å². The smallest absolute Gasteiger partial charge is 0.162 e. The number of aromatic nitrogens is 1. The summed E-state index contributed by atoms with van der Waals surface area (Å²) >= 11 is 0. The van der Waals surface area contributed by atoms with Gasteiger partial charge >= 0.3 is 0 Å². The molecule has 0 atom stereocenters. The average molecular weight is 153 g/mol. The van der Waals surface area contributed by atoms with E-state index >= 15 is 0 Å². The Kier molecular flexibility index (Phi) is 2.00. The van der Waals surface area contributed by atoms with Crippen LogP contribution in [0.3, 0.4) is 0 Å². The lowest BCUT2D eigenvalue weighted by atomic mass is 10.3. The molecule has 5 nitrogen and oxygen atoms in total. The van der Waals surface area contributed by atoms with Crippen LogP contribution in [0.2, 0.25) is 0 Å². The molecule has 1 heterocycles. The van der Waals surface area contributed by atoms with Crippen LogP contribution in [0.1, 0.15) is 5.56 Å². The Morgan fingerprint density at radius 1 is 1.73 bits per heavy atom. The van der Waals surface area contributed by atoms with E-state index < -0.39 is 5.03 Å². The summed E-state index contributed by atoms with van der Waals surface area (Å²) in [4.78, 5) is 13.7. The van der Waals surface area contributed by atoms with Crippen LogP contribution in [0.25, 0.3) is 0 Å². The van der Waals surface area contributed by atoms with Gasteiger partial charge in [0.05, 0.1) is 6.20 Å². The maximum atomic E-state index is 9.99. The second-order valence-electron chi connectivity index (χ2n) is 2.06. The Hall–Kier alpha value is -1.65. The van der Waals surface area contributed by atoms with Crippen LogP contribution in [0.5, 0.6) is 0 Å². The van der Waals surface area contributed by atoms with Crippen molar-refractivity contribution in [3.63, 3.8) is 0 Å². The predicted octanol–water partition coefficient (Wildman–Crippen LogP) is 0.994. The van der Waals surface area contributed by atoms with Gasteiger partial charge in [-0.05, 0) is 18.6 Å². The Morgan fingerprint density at radius 3 is 3.00 bits per heavy atom. The van der Waals surface area contributed by atoms with Gasteiger partial charge in [0.2, 0.25) is 0 Å². The number of nitro groups is 1. The number of hydrazine groups is 1. The third kappa shape index (κ3) is 1.89. The van der Waals surface area contributed by atoms with Crippen molar-refractivity contribution >= 4 is 5.69 Å². The molecule has 0 aliphatic carbocycles. The summed E-state index contributed by atoms with van der Waals surface area (Å²) in [5.41, 5.74) is 3.26. The third-order valence-corrected chi connectivity index (χ3v) is 1.25. The molecule has 0 unspecified atom stereocenters. The maximum absolute atomic E-state index is 9.99. The van der Waals surface area contributed by atoms with Gasteiger partial charge in [-0.25, -0.2) is 10.1 Å². The van der Waals surface area contributed by atoms with Crippen molar-refractivity contribution in [1.82, 2.24) is 4.98 Å². The van der Waals surface area contributed by atoms with Crippen molar-refractivity contribution in [1.29, 1.82) is 0 Å². The number of rotatable bonds is 2. The van der Waals surface area contributed by atoms with Crippen molar-refractivity contribution < 1.29 is 5.03 Å². The molecule has 11 heavy (non-hydrogen) atoms. The number of aryl methyl sites for hydroxylation is 1. The zero-order valence-electron chi connectivity index (χ0n) is 5.94. The molecular weight excluding hydrogens is 146 g/mol. The SMILES string of the molecule is Cc1ccncc1N[N+](=O)[O-]. The second kappa shape index (κ2) is 2.96. The van der Waals surface area contributed by atoms with E-state index in [1.165, 1.54) is 6.20 Å². The molecule has 0 bridgehead atoms. The fourth-order valence-corrected chi connectivity index (χ4v) is 0.679. The monoisotopic (exact) mass is 153 g/mol. The highest BCUT2D eigenvalue weighted by atomic mass is 16.7. The van der Waals surface area contributed by atoms with Crippen molar-refractivity contribution in [3.8, 4) is 0 Å². The fourth-order valence-electron chi connectivity index (χ4n) is 0.679. The normalized spacial score (nSPS) is 9.18. The lowest BCUT2D eigenvalue weighted by Gasteiger charge is -1.98. The predicted molar refractivity (Wildman–Crippen MR) is 39.6 cm³/mol. The van der Waals surface area contributed by atoms with Gasteiger partial charge < -0.3 is 0 Å². The molecule has 0 fully saturated rings. The Morgan fingerprint density at radius 2 is 2.45 bits per heavy atom. The number of hydrogen-bond acceptors (Lipinski definition) is 3. The van der Waals surface area contributed by atoms with Crippen molar-refractivity contribution in [3.05, 3.63) is 34.1 Å². The minimum absolute atomic E-state index is 0.428. The zero-order valence-corrected chi connectivity index (χ0v) is 5.94. The summed E-state index contributed by atoms with van der Waals surface area (Å²) in [5.74, 6) is 0. The number of pyridine rings is 1. The van der Waals surface area contributed by atoms with E-state index in [1.54, 1.807) is 19.2 Å². The van der Waals surface area contributed by atoms with E-state index in [-0.39, 0.29) is 0 Å². The van der Waals surface area contributed by atoms with E-state index in [4.69, 9.17) is 0 Å². The average Bonchev–Trinajstić information content (AvgIpc) is 1.93. The molecule has 0 aliphatic heterocycles. The van der Waals surface area contributed by atoms with Crippen LogP contribution >= 0.6 is 0 Å². The largest absolute Gasteiger partial charge is 0.262 e. The first-order valence-corrected chi connectivity index (χ1v) is 3.02. The second-order valence-corrected chi connectivity index (χ2v) is 2.06. The topological polar surface area (TPSA) is 68.1 Å². The molecule has 1 rings (SSSR count). The molecule has 1 aromatic rings. The molecule has 0 amide bonds. The minimum atomic E-state index is -0.607. The number of anilines is 1. The van der Waals surface area contributed by atoms with Gasteiger partial charge in [0, 0.05) is 6.20 Å². The first-order valence-electron chi connectivity index (χ1n) is 3.02. The van der Waals surface area contributed by atoms with Crippen molar-refractivity contribution in [2.45, 2.75) is 6.92 Å². The van der Waals surface area contributed by atoms with E-state index in [0.29, 0.717) is 5.69 Å². The van der Waals surface area contributed by atoms with Crippen LogP contribution < -0.4 is 5.43 Å². The standard InChI is InChI=1S/C6H7N3O2/c1-5-2-3-7-4-6(5)8-9(10)11/h2-4,8H,1H3. The molecule has 0 aliphatic rings. The summed E-state index contributed by atoms with van der Waals surface area (Å²) in [6.45, 7) is 1.77. The Labute approximate surface area is 63.2 Å². The van der Waals surface area contributed by atoms with Gasteiger partial charge in [-0.2, -0.15) is 0 Å². The molecule has 0 saturated heterocycles. The molecule has 1 aromatic heterocycles. The molecule has 0 radical (unpaired) electrons. The van der Waals surface area contributed by atoms with Crippen molar-refractivity contribution in [2.75, 3.05) is 5.43 Å². The summed E-state index contributed by atoms with van der Waals surface area (Å²) in [6, 6.07) is 1.70. The van der Waals surface area contributed by atoms with Crippen molar-refractivity contribution in [2.24, 2.45) is 0 Å². The molecule has 0 aromatic carbocycles. The number of nitrogens with zero attached hydrogens (tertiary/aromatic N) is 2. The van der Waals surface area contributed by atoms with Gasteiger partial charge in [0.1, 0.15) is 5.69 Å². The summed E-state index contributed by atoms with van der Waals surface area (Å²) in [6.07, 6.45) is 3.00. The van der Waals surface area contributed by atoms with E-state index in [9.17, 15) is 10.1 Å². The lowest BCUT2D eigenvalue weighted by Crippen LogP contribution is -2.08. The van der Waals surface area contributed by atoms with Crippen LogP contribution in [0.15, 0.2) is 18.5 Å². The Bertz CT molecular complexity index is 274. The summed E-state index contributed by atoms with van der Waals surface area (Å²) in [5, 5.41) is 9.38. The van der Waals surface area contributed by atoms with Gasteiger partial charge in [-0.3, -0.25) is 4.98 Å².